The lowest BCUT2D eigenvalue weighted by Crippen LogP contribution is -2.07. The number of para-hydroxylation sites is 1. The van der Waals surface area contributed by atoms with Crippen LogP contribution in [-0.2, 0) is 0 Å². The van der Waals surface area contributed by atoms with Crippen LogP contribution < -0.4 is 20.8 Å². The normalized spacial score (nSPS) is 10.7. The molecule has 4 aromatic rings. The van der Waals surface area contributed by atoms with Crippen LogP contribution >= 0.6 is 0 Å². The summed E-state index contributed by atoms with van der Waals surface area (Å²) in [5.74, 6) is 1.89. The molecule has 0 aliphatic rings. The molecule has 0 radical (unpaired) electrons. The van der Waals surface area contributed by atoms with Crippen LogP contribution in [0, 0.1) is 0 Å². The number of rotatable bonds is 8. The monoisotopic (exact) mass is 427 g/mol. The predicted molar refractivity (Wildman–Crippen MR) is 125 cm³/mol. The number of ether oxygens (including phenoxy) is 1. The number of aromatic hydroxyl groups is 1. The first-order valence-electron chi connectivity index (χ1n) is 9.75. The number of aromatic nitrogens is 3. The van der Waals surface area contributed by atoms with E-state index in [2.05, 4.69) is 36.1 Å². The smallest absolute Gasteiger partial charge is 0.250 e. The molecule has 0 amide bonds. The van der Waals surface area contributed by atoms with Crippen LogP contribution in [0.5, 0.6) is 11.5 Å². The van der Waals surface area contributed by atoms with E-state index in [1.165, 1.54) is 0 Å². The molecule has 0 bridgehead atoms. The Labute approximate surface area is 184 Å². The third-order valence-electron chi connectivity index (χ3n) is 4.28. The van der Waals surface area contributed by atoms with Gasteiger partial charge in [0.1, 0.15) is 11.5 Å². The highest BCUT2D eigenvalue weighted by molar-refractivity contribution is 5.80. The van der Waals surface area contributed by atoms with Crippen molar-refractivity contribution in [2.75, 3.05) is 23.2 Å². The summed E-state index contributed by atoms with van der Waals surface area (Å²) in [5.41, 5.74) is 5.27. The fraction of sp³-hybridized carbons (Fsp3) is 0.0435. The summed E-state index contributed by atoms with van der Waals surface area (Å²) < 4.78 is 5.19. The van der Waals surface area contributed by atoms with Gasteiger partial charge in [-0.15, -0.1) is 0 Å². The molecule has 0 saturated carbocycles. The second-order valence-electron chi connectivity index (χ2n) is 6.61. The van der Waals surface area contributed by atoms with Gasteiger partial charge >= 0.3 is 0 Å². The molecule has 0 atom stereocenters. The molecule has 0 fully saturated rings. The van der Waals surface area contributed by atoms with Crippen molar-refractivity contribution in [3.63, 3.8) is 0 Å². The van der Waals surface area contributed by atoms with Gasteiger partial charge in [0.05, 0.1) is 13.3 Å². The molecule has 0 spiro atoms. The fourth-order valence-corrected chi connectivity index (χ4v) is 2.72. The number of phenols is 1. The quantitative estimate of drug-likeness (QED) is 0.240. The van der Waals surface area contributed by atoms with Crippen molar-refractivity contribution in [3.05, 3.63) is 84.4 Å². The number of anilines is 5. The summed E-state index contributed by atoms with van der Waals surface area (Å²) in [6.45, 7) is 0. The van der Waals surface area contributed by atoms with Crippen molar-refractivity contribution in [2.24, 2.45) is 5.10 Å². The lowest BCUT2D eigenvalue weighted by atomic mass is 10.2. The predicted octanol–water partition coefficient (Wildman–Crippen LogP) is 4.52. The van der Waals surface area contributed by atoms with Gasteiger partial charge in [-0.1, -0.05) is 18.2 Å². The highest BCUT2D eigenvalue weighted by Gasteiger charge is 2.08. The van der Waals surface area contributed by atoms with Crippen molar-refractivity contribution in [1.29, 1.82) is 0 Å². The third kappa shape index (κ3) is 5.70. The second-order valence-corrected chi connectivity index (χ2v) is 6.61. The minimum absolute atomic E-state index is 0.193. The van der Waals surface area contributed by atoms with Gasteiger partial charge in [0.25, 0.3) is 0 Å². The van der Waals surface area contributed by atoms with Gasteiger partial charge in [-0.3, -0.25) is 0 Å². The maximum atomic E-state index is 9.38. The first-order chi connectivity index (χ1) is 15.7. The lowest BCUT2D eigenvalue weighted by molar-refractivity contribution is 0.415. The van der Waals surface area contributed by atoms with E-state index in [0.717, 1.165) is 22.7 Å². The Kier molecular flexibility index (Phi) is 6.37. The number of nitrogens with one attached hydrogen (secondary N) is 3. The SMILES string of the molecule is COc1ccc(Nc2nc(N/N=C/c3ccc(O)cc3)nc(Nc3ccccc3)n2)cc1. The lowest BCUT2D eigenvalue weighted by Gasteiger charge is -2.10. The Bertz CT molecular complexity index is 1180. The largest absolute Gasteiger partial charge is 0.508 e. The van der Waals surface area contributed by atoms with Crippen LogP contribution in [0.25, 0.3) is 0 Å². The van der Waals surface area contributed by atoms with Gasteiger partial charge in [0.2, 0.25) is 17.8 Å². The highest BCUT2D eigenvalue weighted by Crippen LogP contribution is 2.20. The van der Waals surface area contributed by atoms with Gasteiger partial charge < -0.3 is 20.5 Å². The summed E-state index contributed by atoms with van der Waals surface area (Å²) in [7, 11) is 1.62. The zero-order valence-corrected chi connectivity index (χ0v) is 17.2. The van der Waals surface area contributed by atoms with E-state index in [0.29, 0.717) is 11.9 Å². The molecule has 1 aromatic heterocycles. The Hall–Kier alpha value is -4.66. The van der Waals surface area contributed by atoms with Crippen LogP contribution in [0.4, 0.5) is 29.2 Å². The van der Waals surface area contributed by atoms with Crippen LogP contribution in [0.1, 0.15) is 5.56 Å². The van der Waals surface area contributed by atoms with Crippen molar-refractivity contribution in [2.45, 2.75) is 0 Å². The van der Waals surface area contributed by atoms with Gasteiger partial charge in [0.15, 0.2) is 0 Å². The molecular weight excluding hydrogens is 406 g/mol. The van der Waals surface area contributed by atoms with Crippen LogP contribution in [0.15, 0.2) is 84.0 Å². The van der Waals surface area contributed by atoms with E-state index in [1.54, 1.807) is 37.6 Å². The number of methoxy groups -OCH3 is 1. The first kappa shape index (κ1) is 20.6. The molecule has 160 valence electrons. The molecule has 4 rings (SSSR count). The van der Waals surface area contributed by atoms with Gasteiger partial charge in [-0.05, 0) is 66.2 Å². The summed E-state index contributed by atoms with van der Waals surface area (Å²) in [6.07, 6.45) is 1.60. The van der Waals surface area contributed by atoms with E-state index in [9.17, 15) is 5.11 Å². The van der Waals surface area contributed by atoms with Gasteiger partial charge in [-0.25, -0.2) is 5.43 Å². The number of phenolic OH excluding ortho intramolecular Hbond substituents is 1. The molecule has 1 heterocycles. The van der Waals surface area contributed by atoms with E-state index in [-0.39, 0.29) is 11.7 Å². The maximum absolute atomic E-state index is 9.38. The number of hydrogen-bond donors (Lipinski definition) is 4. The molecule has 0 unspecified atom stereocenters. The van der Waals surface area contributed by atoms with Crippen LogP contribution in [0.3, 0.4) is 0 Å². The second kappa shape index (κ2) is 9.90. The zero-order chi connectivity index (χ0) is 22.2. The Morgan fingerprint density at radius 1 is 0.750 bits per heavy atom. The number of benzene rings is 3. The number of hydrogen-bond acceptors (Lipinski definition) is 9. The van der Waals surface area contributed by atoms with E-state index >= 15 is 0 Å². The van der Waals surface area contributed by atoms with E-state index in [4.69, 9.17) is 4.74 Å². The maximum Gasteiger partial charge on any atom is 0.250 e. The molecule has 32 heavy (non-hydrogen) atoms. The summed E-state index contributed by atoms with van der Waals surface area (Å²) in [4.78, 5) is 13.2. The van der Waals surface area contributed by atoms with Crippen molar-refractivity contribution in [1.82, 2.24) is 15.0 Å². The molecule has 9 heteroatoms. The van der Waals surface area contributed by atoms with E-state index < -0.39 is 0 Å². The van der Waals surface area contributed by atoms with Crippen molar-refractivity contribution < 1.29 is 9.84 Å². The third-order valence-corrected chi connectivity index (χ3v) is 4.28. The summed E-state index contributed by atoms with van der Waals surface area (Å²) >= 11 is 0. The first-order valence-corrected chi connectivity index (χ1v) is 9.75. The minimum Gasteiger partial charge on any atom is -0.508 e. The molecule has 0 aliphatic heterocycles. The topological polar surface area (TPSA) is 117 Å². The van der Waals surface area contributed by atoms with Crippen molar-refractivity contribution in [3.8, 4) is 11.5 Å². The van der Waals surface area contributed by atoms with Gasteiger partial charge in [-0.2, -0.15) is 20.1 Å². The van der Waals surface area contributed by atoms with Crippen LogP contribution in [0.2, 0.25) is 0 Å². The highest BCUT2D eigenvalue weighted by atomic mass is 16.5. The van der Waals surface area contributed by atoms with Crippen LogP contribution in [-0.4, -0.2) is 33.4 Å². The minimum atomic E-state index is 0.193. The molecular formula is C23H21N7O2. The molecule has 9 nitrogen and oxygen atoms in total. The van der Waals surface area contributed by atoms with E-state index in [1.807, 2.05) is 54.6 Å². The van der Waals surface area contributed by atoms with Crippen molar-refractivity contribution >= 4 is 35.4 Å². The Morgan fingerprint density at radius 3 is 1.97 bits per heavy atom. The molecule has 3 aromatic carbocycles. The summed E-state index contributed by atoms with van der Waals surface area (Å²) in [5, 5.41) is 19.9. The summed E-state index contributed by atoms with van der Waals surface area (Å²) in [6, 6.07) is 23.7. The van der Waals surface area contributed by atoms with Gasteiger partial charge in [0, 0.05) is 11.4 Å². The zero-order valence-electron chi connectivity index (χ0n) is 17.2. The standard InChI is InChI=1S/C23H21N7O2/c1-32-20-13-9-18(10-14-20)26-22-27-21(25-17-5-3-2-4-6-17)28-23(29-22)30-24-15-16-7-11-19(31)12-8-16/h2-15,31H,1H3,(H3,25,26,27,28,29,30)/b24-15+. The average molecular weight is 427 g/mol. The average Bonchev–Trinajstić information content (AvgIpc) is 2.81. The Morgan fingerprint density at radius 2 is 1.34 bits per heavy atom. The molecule has 0 saturated heterocycles. The molecule has 0 aliphatic carbocycles. The molecule has 4 N–H and O–H groups in total. The number of nitrogens with zero attached hydrogens (tertiary/aromatic N) is 4. The number of hydrazone groups is 1. The Balaban J connectivity index is 1.56. The fourth-order valence-electron chi connectivity index (χ4n) is 2.72.